The molecule has 19 rings (SSSR count). The van der Waals surface area contributed by atoms with Gasteiger partial charge >= 0.3 is 0 Å². The first-order chi connectivity index (χ1) is 42.5. The summed E-state index contributed by atoms with van der Waals surface area (Å²) in [5, 5.41) is 8.53. The summed E-state index contributed by atoms with van der Waals surface area (Å²) < 4.78 is 5.82. The fraction of sp³-hybridized carbons (Fsp3) is 0.388. The molecule has 2 nitrogen and oxygen atoms in total. The molecule has 0 bridgehead atoms. The lowest BCUT2D eigenvalue weighted by Gasteiger charge is -2.45. The van der Waals surface area contributed by atoms with Crippen LogP contribution in [0.1, 0.15) is 226 Å². The summed E-state index contributed by atoms with van der Waals surface area (Å²) in [6.45, 7) is 20.1. The van der Waals surface area contributed by atoms with Crippen LogP contribution in [-0.4, -0.2) is 15.8 Å². The van der Waals surface area contributed by atoms with Gasteiger partial charge in [0.1, 0.15) is 0 Å². The van der Waals surface area contributed by atoms with Crippen molar-refractivity contribution in [3.8, 4) is 33.6 Å². The van der Waals surface area contributed by atoms with Crippen LogP contribution < -0.4 is 16.4 Å². The molecule has 3 heteroatoms. The molecule has 0 unspecified atom stereocenters. The molecule has 0 radical (unpaired) electrons. The molecule has 2 aromatic heterocycles. The van der Waals surface area contributed by atoms with Gasteiger partial charge in [0.05, 0.1) is 22.1 Å². The average Bonchev–Trinajstić information content (AvgIpc) is 1.39. The lowest BCUT2D eigenvalue weighted by molar-refractivity contribution is 0.224. The lowest BCUT2D eigenvalue weighted by atomic mass is 9.33. The molecule has 4 saturated carbocycles. The van der Waals surface area contributed by atoms with E-state index < -0.39 is 5.41 Å². The van der Waals surface area contributed by atoms with Gasteiger partial charge in [0, 0.05) is 43.8 Å². The molecule has 88 heavy (non-hydrogen) atoms. The van der Waals surface area contributed by atoms with Crippen LogP contribution in [0, 0.1) is 21.7 Å². The molecular formula is C85H85BN2. The van der Waals surface area contributed by atoms with Gasteiger partial charge < -0.3 is 9.13 Å². The van der Waals surface area contributed by atoms with Gasteiger partial charge in [-0.05, 0) is 273 Å². The van der Waals surface area contributed by atoms with E-state index in [1.54, 1.807) is 27.7 Å². The average molecular weight is 1150 g/mol. The fourth-order valence-corrected chi connectivity index (χ4v) is 20.5. The number of nitrogens with zero attached hydrogens (tertiary/aromatic N) is 2. The SMILES string of the molecule is CC1(C)CCC(c2ccc3c(c2)c2cc(C4CCC(C)(C)CC4)cc4c2n3-c2c(-c3cccc5ccccc35)cc3c5c2B4c2cc(C4CCC(C)(C)CC4)cc4c6cc(C7CCC(C)(C)CC7)cc(c6n-5c24)C32c3ccccc3-c3ccccc32)CC1. The molecule has 0 atom stereocenters. The zero-order valence-electron chi connectivity index (χ0n) is 53.5. The van der Waals surface area contributed by atoms with Gasteiger partial charge in [0.2, 0.25) is 0 Å². The van der Waals surface area contributed by atoms with Crippen molar-refractivity contribution in [2.24, 2.45) is 21.7 Å². The molecule has 11 aromatic rings. The van der Waals surface area contributed by atoms with Gasteiger partial charge in [0.15, 0.2) is 0 Å². The molecule has 0 amide bonds. The standard InChI is InChI=1S/C85H85BN2/c1-81(2)34-26-50(27-35-81)55-24-25-74-63(42-55)64-44-57(52-30-38-83(5,6)39-31-52)47-72-77(64)87(74)79-67(60-21-15-17-54-16-9-10-18-59(54)60)49-71-80-75(79)86(72)73-48-58(53-32-40-84(7,8)41-33-53)45-66-65-43-56(51-28-36-82(3,4)37-29-51)46-70(76(65)88(80)78(66)73)85(71)68-22-13-11-19-61(68)62-20-12-14-23-69(62)85/h9-25,42-53H,26-41H2,1-8H3. The Kier molecular flexibility index (Phi) is 10.8. The summed E-state index contributed by atoms with van der Waals surface area (Å²) in [4.78, 5) is 0. The highest BCUT2D eigenvalue weighted by Gasteiger charge is 2.56. The first kappa shape index (κ1) is 52.8. The Morgan fingerprint density at radius 1 is 0.330 bits per heavy atom. The normalized spacial score (nSPS) is 21.2. The summed E-state index contributed by atoms with van der Waals surface area (Å²) in [7, 11) is 0. The van der Waals surface area contributed by atoms with Crippen molar-refractivity contribution in [2.75, 3.05) is 0 Å². The quantitative estimate of drug-likeness (QED) is 0.152. The molecule has 0 N–H and O–H groups in total. The molecule has 4 fully saturated rings. The minimum Gasteiger partial charge on any atom is -0.310 e. The summed E-state index contributed by atoms with van der Waals surface area (Å²) in [6.07, 6.45) is 20.2. The van der Waals surface area contributed by atoms with Gasteiger partial charge in [-0.15, -0.1) is 0 Å². The number of aromatic nitrogens is 2. The number of rotatable bonds is 5. The third kappa shape index (κ3) is 7.26. The second-order valence-corrected chi connectivity index (χ2v) is 33.1. The van der Waals surface area contributed by atoms with Crippen LogP contribution in [0.5, 0.6) is 0 Å². The van der Waals surface area contributed by atoms with E-state index in [4.69, 9.17) is 0 Å². The van der Waals surface area contributed by atoms with Crippen molar-refractivity contribution in [1.82, 2.24) is 9.13 Å². The van der Waals surface area contributed by atoms with E-state index in [0.29, 0.717) is 45.3 Å². The summed E-state index contributed by atoms with van der Waals surface area (Å²) in [5.74, 6) is 2.14. The van der Waals surface area contributed by atoms with Crippen molar-refractivity contribution in [3.63, 3.8) is 0 Å². The first-order valence-electron chi connectivity index (χ1n) is 34.7. The molecule has 8 aliphatic rings. The highest BCUT2D eigenvalue weighted by molar-refractivity contribution is 7.00. The fourth-order valence-electron chi connectivity index (χ4n) is 20.5. The van der Waals surface area contributed by atoms with Crippen LogP contribution in [0.25, 0.3) is 88.0 Å². The van der Waals surface area contributed by atoms with Gasteiger partial charge in [-0.3, -0.25) is 0 Å². The smallest absolute Gasteiger partial charge is 0.252 e. The number of hydrogen-bond acceptors (Lipinski definition) is 0. The van der Waals surface area contributed by atoms with Crippen LogP contribution in [0.4, 0.5) is 0 Å². The molecular weight excluding hydrogens is 1060 g/mol. The topological polar surface area (TPSA) is 9.86 Å². The van der Waals surface area contributed by atoms with Crippen molar-refractivity contribution < 1.29 is 0 Å². The van der Waals surface area contributed by atoms with Crippen LogP contribution in [-0.2, 0) is 5.41 Å². The zero-order chi connectivity index (χ0) is 59.1. The first-order valence-corrected chi connectivity index (χ1v) is 34.7. The Morgan fingerprint density at radius 3 is 1.34 bits per heavy atom. The van der Waals surface area contributed by atoms with Crippen molar-refractivity contribution in [1.29, 1.82) is 0 Å². The van der Waals surface area contributed by atoms with Gasteiger partial charge in [-0.2, -0.15) is 0 Å². The zero-order valence-corrected chi connectivity index (χ0v) is 53.5. The molecule has 438 valence electrons. The van der Waals surface area contributed by atoms with Crippen LogP contribution in [0.2, 0.25) is 0 Å². The van der Waals surface area contributed by atoms with Gasteiger partial charge in [-0.1, -0.05) is 171 Å². The third-order valence-electron chi connectivity index (χ3n) is 25.7. The van der Waals surface area contributed by atoms with E-state index >= 15 is 0 Å². The van der Waals surface area contributed by atoms with E-state index in [2.05, 4.69) is 216 Å². The van der Waals surface area contributed by atoms with E-state index in [0.717, 1.165) is 0 Å². The highest BCUT2D eigenvalue weighted by atomic mass is 15.1. The van der Waals surface area contributed by atoms with Crippen LogP contribution >= 0.6 is 0 Å². The van der Waals surface area contributed by atoms with Crippen LogP contribution in [0.15, 0.2) is 152 Å². The van der Waals surface area contributed by atoms with Crippen molar-refractivity contribution >= 4 is 77.5 Å². The Balaban J connectivity index is 1.01. The van der Waals surface area contributed by atoms with E-state index in [9.17, 15) is 0 Å². The maximum absolute atomic E-state index is 2.94. The Morgan fingerprint density at radius 2 is 0.773 bits per heavy atom. The predicted molar refractivity (Wildman–Crippen MR) is 374 cm³/mol. The molecule has 0 saturated heterocycles. The maximum Gasteiger partial charge on any atom is 0.252 e. The number of fused-ring (bicyclic) bond motifs is 15. The largest absolute Gasteiger partial charge is 0.310 e. The second kappa shape index (κ2) is 18.1. The molecule has 3 aliphatic heterocycles. The number of benzene rings is 9. The Hall–Kier alpha value is -7.10. The predicted octanol–water partition coefficient (Wildman–Crippen LogP) is 21.3. The van der Waals surface area contributed by atoms with E-state index in [1.807, 2.05) is 0 Å². The molecule has 9 aromatic carbocycles. The lowest BCUT2D eigenvalue weighted by Crippen LogP contribution is -2.61. The molecule has 1 spiro atoms. The van der Waals surface area contributed by atoms with Gasteiger partial charge in [-0.25, -0.2) is 0 Å². The minimum absolute atomic E-state index is 0.0165. The molecule has 5 heterocycles. The van der Waals surface area contributed by atoms with Gasteiger partial charge in [0.25, 0.3) is 6.71 Å². The molecule has 5 aliphatic carbocycles. The van der Waals surface area contributed by atoms with Crippen molar-refractivity contribution in [2.45, 2.75) is 187 Å². The summed E-state index contributed by atoms with van der Waals surface area (Å²) >= 11 is 0. The highest BCUT2D eigenvalue weighted by Crippen LogP contribution is 2.64. The second-order valence-electron chi connectivity index (χ2n) is 33.1. The van der Waals surface area contributed by atoms with Crippen molar-refractivity contribution in [3.05, 3.63) is 196 Å². The summed E-state index contributed by atoms with van der Waals surface area (Å²) in [5.41, 5.74) is 31.7. The monoisotopic (exact) mass is 1140 g/mol. The third-order valence-corrected chi connectivity index (χ3v) is 25.7. The van der Waals surface area contributed by atoms with Crippen LogP contribution in [0.3, 0.4) is 0 Å². The minimum atomic E-state index is -0.585. The Labute approximate surface area is 522 Å². The maximum atomic E-state index is 2.94. The summed E-state index contributed by atoms with van der Waals surface area (Å²) in [6, 6.07) is 63.4. The van der Waals surface area contributed by atoms with E-state index in [-0.39, 0.29) is 6.71 Å². The number of hydrogen-bond donors (Lipinski definition) is 0. The van der Waals surface area contributed by atoms with E-state index in [1.165, 1.54) is 224 Å². The Bertz CT molecular complexity index is 4780.